The van der Waals surface area contributed by atoms with Crippen LogP contribution in [0.4, 0.5) is 0 Å². The molecule has 1 fully saturated rings. The second-order valence-corrected chi connectivity index (χ2v) is 6.06. The van der Waals surface area contributed by atoms with Gasteiger partial charge in [-0.25, -0.2) is 0 Å². The Bertz CT molecular complexity index is 911. The van der Waals surface area contributed by atoms with E-state index in [9.17, 15) is 9.90 Å². The van der Waals surface area contributed by atoms with E-state index in [1.165, 1.54) is 4.52 Å². The Balaban J connectivity index is 1.98. The molecule has 1 saturated carbocycles. The van der Waals surface area contributed by atoms with Crippen LogP contribution in [0.5, 0.6) is 5.88 Å². The van der Waals surface area contributed by atoms with Crippen LogP contribution < -0.4 is 5.56 Å². The van der Waals surface area contributed by atoms with Gasteiger partial charge < -0.3 is 5.11 Å². The summed E-state index contributed by atoms with van der Waals surface area (Å²) < 4.78 is 2.13. The molecule has 0 saturated heterocycles. The van der Waals surface area contributed by atoms with Gasteiger partial charge in [0.25, 0.3) is 5.56 Å². The standard InChI is InChI=1S/C14H11BrN4O2/c15-9-3-1-2-8(6-9)10-12(20)17-14-16-11(7-4-5-7)18-19(14)13(10)21/h1-3,6-7,21H,4-5H2,(H,16,17,18,20). The van der Waals surface area contributed by atoms with Crippen LogP contribution in [0.25, 0.3) is 16.9 Å². The zero-order chi connectivity index (χ0) is 14.6. The summed E-state index contributed by atoms with van der Waals surface area (Å²) in [5, 5.41) is 14.7. The molecule has 2 N–H and O–H groups in total. The number of aromatic nitrogens is 4. The molecule has 0 atom stereocenters. The highest BCUT2D eigenvalue weighted by Crippen LogP contribution is 2.38. The molecule has 106 valence electrons. The van der Waals surface area contributed by atoms with Gasteiger partial charge in [-0.05, 0) is 30.5 Å². The summed E-state index contributed by atoms with van der Waals surface area (Å²) >= 11 is 3.36. The molecule has 4 rings (SSSR count). The summed E-state index contributed by atoms with van der Waals surface area (Å²) in [5.74, 6) is 1.11. The van der Waals surface area contributed by atoms with Gasteiger partial charge in [0.2, 0.25) is 11.7 Å². The first kappa shape index (κ1) is 12.6. The predicted octanol–water partition coefficient (Wildman–Crippen LogP) is 2.43. The third-order valence-corrected chi connectivity index (χ3v) is 4.05. The summed E-state index contributed by atoms with van der Waals surface area (Å²) in [6.45, 7) is 0. The molecule has 7 heteroatoms. The normalized spacial score (nSPS) is 14.7. The van der Waals surface area contributed by atoms with Crippen molar-refractivity contribution in [1.29, 1.82) is 0 Å². The van der Waals surface area contributed by atoms with Crippen molar-refractivity contribution in [1.82, 2.24) is 19.6 Å². The summed E-state index contributed by atoms with van der Waals surface area (Å²) in [6, 6.07) is 7.20. The van der Waals surface area contributed by atoms with Crippen LogP contribution in [-0.2, 0) is 0 Å². The zero-order valence-electron chi connectivity index (χ0n) is 10.9. The maximum Gasteiger partial charge on any atom is 0.264 e. The first-order valence-corrected chi connectivity index (χ1v) is 7.40. The number of fused-ring (bicyclic) bond motifs is 1. The van der Waals surface area contributed by atoms with Crippen LogP contribution in [0.15, 0.2) is 33.5 Å². The van der Waals surface area contributed by atoms with Crippen molar-refractivity contribution in [2.75, 3.05) is 0 Å². The van der Waals surface area contributed by atoms with Crippen LogP contribution in [0, 0.1) is 0 Å². The number of hydrogen-bond donors (Lipinski definition) is 2. The molecule has 2 aromatic heterocycles. The fourth-order valence-electron chi connectivity index (χ4n) is 2.35. The molecule has 0 amide bonds. The van der Waals surface area contributed by atoms with E-state index in [1.807, 2.05) is 6.07 Å². The minimum Gasteiger partial charge on any atom is -0.493 e. The van der Waals surface area contributed by atoms with E-state index < -0.39 is 0 Å². The Morgan fingerprint density at radius 3 is 2.90 bits per heavy atom. The van der Waals surface area contributed by atoms with E-state index in [0.717, 1.165) is 17.3 Å². The third-order valence-electron chi connectivity index (χ3n) is 3.56. The first-order valence-electron chi connectivity index (χ1n) is 6.61. The van der Waals surface area contributed by atoms with Gasteiger partial charge in [-0.15, -0.1) is 5.10 Å². The summed E-state index contributed by atoms with van der Waals surface area (Å²) in [6.07, 6.45) is 2.11. The maximum atomic E-state index is 12.2. The molecule has 0 bridgehead atoms. The van der Waals surface area contributed by atoms with E-state index in [2.05, 4.69) is 31.0 Å². The Kier molecular flexibility index (Phi) is 2.65. The van der Waals surface area contributed by atoms with Gasteiger partial charge in [-0.1, -0.05) is 28.1 Å². The van der Waals surface area contributed by atoms with Gasteiger partial charge in [0.05, 0.1) is 0 Å². The van der Waals surface area contributed by atoms with E-state index in [-0.39, 0.29) is 22.8 Å². The lowest BCUT2D eigenvalue weighted by atomic mass is 10.1. The number of H-pyrrole nitrogens is 1. The molecule has 21 heavy (non-hydrogen) atoms. The zero-order valence-corrected chi connectivity index (χ0v) is 12.5. The number of rotatable bonds is 2. The average molecular weight is 347 g/mol. The lowest BCUT2D eigenvalue weighted by molar-refractivity contribution is 0.436. The number of nitrogens with zero attached hydrogens (tertiary/aromatic N) is 3. The van der Waals surface area contributed by atoms with Crippen LogP contribution in [0.2, 0.25) is 0 Å². The Labute approximate surface area is 127 Å². The first-order chi connectivity index (χ1) is 10.1. The predicted molar refractivity (Wildman–Crippen MR) is 80.4 cm³/mol. The fourth-order valence-corrected chi connectivity index (χ4v) is 2.75. The van der Waals surface area contributed by atoms with Gasteiger partial charge in [-0.3, -0.25) is 9.78 Å². The molecule has 1 aliphatic carbocycles. The molecule has 0 radical (unpaired) electrons. The molecular weight excluding hydrogens is 336 g/mol. The molecular formula is C14H11BrN4O2. The molecule has 1 aromatic carbocycles. The molecule has 0 unspecified atom stereocenters. The van der Waals surface area contributed by atoms with Crippen LogP contribution in [-0.4, -0.2) is 24.7 Å². The van der Waals surface area contributed by atoms with Gasteiger partial charge in [0.1, 0.15) is 5.56 Å². The Morgan fingerprint density at radius 2 is 2.19 bits per heavy atom. The molecule has 2 heterocycles. The molecule has 0 aliphatic heterocycles. The molecule has 3 aromatic rings. The number of nitrogens with one attached hydrogen (secondary N) is 1. The molecule has 6 nitrogen and oxygen atoms in total. The third kappa shape index (κ3) is 2.04. The SMILES string of the molecule is O=c1[nH]c2nc(C3CC3)nn2c(O)c1-c1cccc(Br)c1. The van der Waals surface area contributed by atoms with Gasteiger partial charge in [0, 0.05) is 10.4 Å². The van der Waals surface area contributed by atoms with Crippen molar-refractivity contribution in [3.63, 3.8) is 0 Å². The quantitative estimate of drug-likeness (QED) is 0.746. The van der Waals surface area contributed by atoms with Gasteiger partial charge >= 0.3 is 0 Å². The lowest BCUT2D eigenvalue weighted by Crippen LogP contribution is -2.12. The number of benzene rings is 1. The van der Waals surface area contributed by atoms with Crippen molar-refractivity contribution in [2.24, 2.45) is 0 Å². The second-order valence-electron chi connectivity index (χ2n) is 5.14. The minimum absolute atomic E-state index is 0.189. The second kappa shape index (κ2) is 4.42. The van der Waals surface area contributed by atoms with Gasteiger partial charge in [-0.2, -0.15) is 9.50 Å². The topological polar surface area (TPSA) is 83.3 Å². The van der Waals surface area contributed by atoms with Crippen molar-refractivity contribution < 1.29 is 5.11 Å². The lowest BCUT2D eigenvalue weighted by Gasteiger charge is -2.05. The van der Waals surface area contributed by atoms with E-state index in [1.54, 1.807) is 18.2 Å². The maximum absolute atomic E-state index is 12.2. The summed E-state index contributed by atoms with van der Waals surface area (Å²) in [4.78, 5) is 19.2. The molecule has 0 spiro atoms. The number of aromatic amines is 1. The Hall–Kier alpha value is -2.15. The smallest absolute Gasteiger partial charge is 0.264 e. The van der Waals surface area contributed by atoms with E-state index in [4.69, 9.17) is 0 Å². The average Bonchev–Trinajstić information content (AvgIpc) is 3.20. The van der Waals surface area contributed by atoms with Crippen LogP contribution in [0.1, 0.15) is 24.6 Å². The fraction of sp³-hybridized carbons (Fsp3) is 0.214. The van der Waals surface area contributed by atoms with Crippen molar-refractivity contribution >= 4 is 21.7 Å². The number of hydrogen-bond acceptors (Lipinski definition) is 4. The highest BCUT2D eigenvalue weighted by molar-refractivity contribution is 9.10. The monoisotopic (exact) mass is 346 g/mol. The van der Waals surface area contributed by atoms with Crippen LogP contribution >= 0.6 is 15.9 Å². The van der Waals surface area contributed by atoms with Crippen molar-refractivity contribution in [2.45, 2.75) is 18.8 Å². The number of halogens is 1. The highest BCUT2D eigenvalue weighted by atomic mass is 79.9. The Morgan fingerprint density at radius 1 is 1.38 bits per heavy atom. The van der Waals surface area contributed by atoms with Gasteiger partial charge in [0.15, 0.2) is 5.82 Å². The summed E-state index contributed by atoms with van der Waals surface area (Å²) in [5.41, 5.74) is 0.428. The van der Waals surface area contributed by atoms with E-state index in [0.29, 0.717) is 17.3 Å². The van der Waals surface area contributed by atoms with Crippen molar-refractivity contribution in [3.05, 3.63) is 44.9 Å². The summed E-state index contributed by atoms with van der Waals surface area (Å²) in [7, 11) is 0. The van der Waals surface area contributed by atoms with Crippen LogP contribution in [0.3, 0.4) is 0 Å². The minimum atomic E-state index is -0.382. The van der Waals surface area contributed by atoms with E-state index >= 15 is 0 Å². The molecule has 1 aliphatic rings. The van der Waals surface area contributed by atoms with Crippen molar-refractivity contribution in [3.8, 4) is 17.0 Å². The highest BCUT2D eigenvalue weighted by Gasteiger charge is 2.29. The number of aromatic hydroxyl groups is 1. The largest absolute Gasteiger partial charge is 0.493 e.